The van der Waals surface area contributed by atoms with Gasteiger partial charge in [-0.15, -0.1) is 0 Å². The molecule has 0 aliphatic carbocycles. The molecular weight excluding hydrogens is 577 g/mol. The summed E-state index contributed by atoms with van der Waals surface area (Å²) < 4.78 is 20.8. The molecule has 3 amide bonds. The second-order valence-corrected chi connectivity index (χ2v) is 10.2. The Morgan fingerprint density at radius 2 is 1.76 bits per heavy atom. The number of anilines is 1. The molecule has 7 nitrogen and oxygen atoms in total. The van der Waals surface area contributed by atoms with Crippen molar-refractivity contribution in [3.05, 3.63) is 93.7 Å². The molecule has 1 fully saturated rings. The van der Waals surface area contributed by atoms with Crippen LogP contribution in [-0.2, 0) is 14.4 Å². The van der Waals surface area contributed by atoms with Crippen molar-refractivity contribution in [3.8, 4) is 5.75 Å². The Hall–Kier alpha value is -3.43. The molecule has 1 aliphatic rings. The van der Waals surface area contributed by atoms with E-state index in [2.05, 4.69) is 26.6 Å². The zero-order chi connectivity index (χ0) is 27.1. The van der Waals surface area contributed by atoms with Gasteiger partial charge in [-0.1, -0.05) is 57.9 Å². The molecule has 0 radical (unpaired) electrons. The Balaban J connectivity index is 1.35. The number of halogens is 3. The molecule has 3 aromatic rings. The maximum absolute atomic E-state index is 14.2. The van der Waals surface area contributed by atoms with E-state index in [1.165, 1.54) is 17.0 Å². The number of rotatable bonds is 7. The second kappa shape index (κ2) is 12.9. The summed E-state index contributed by atoms with van der Waals surface area (Å²) in [6, 6.07) is 19.6. The molecule has 3 aromatic carbocycles. The summed E-state index contributed by atoms with van der Waals surface area (Å²) in [5, 5.41) is 5.51. The van der Waals surface area contributed by atoms with E-state index in [9.17, 15) is 18.8 Å². The fourth-order valence-electron chi connectivity index (χ4n) is 4.17. The van der Waals surface area contributed by atoms with Crippen molar-refractivity contribution < 1.29 is 23.5 Å². The Bertz CT molecular complexity index is 1300. The van der Waals surface area contributed by atoms with Crippen LogP contribution >= 0.6 is 27.5 Å². The van der Waals surface area contributed by atoms with Gasteiger partial charge in [-0.3, -0.25) is 14.4 Å². The Morgan fingerprint density at radius 1 is 1.03 bits per heavy atom. The SMILES string of the molecule is O=C(NC(COc1ccccc1)c1ccc(Cl)c(F)c1)C(=O)N1CCC(C(=O)Nc2cccc(Br)c2)CC1. The first-order valence-corrected chi connectivity index (χ1v) is 13.3. The van der Waals surface area contributed by atoms with Gasteiger partial charge < -0.3 is 20.3 Å². The third-order valence-electron chi connectivity index (χ3n) is 6.25. The van der Waals surface area contributed by atoms with Crippen LogP contribution in [0.2, 0.25) is 5.02 Å². The molecule has 0 bridgehead atoms. The molecule has 1 heterocycles. The van der Waals surface area contributed by atoms with Crippen LogP contribution < -0.4 is 15.4 Å². The van der Waals surface area contributed by atoms with Gasteiger partial charge in [0.05, 0.1) is 11.1 Å². The third-order valence-corrected chi connectivity index (χ3v) is 7.05. The number of carbonyl (C=O) groups excluding carboxylic acids is 3. The second-order valence-electron chi connectivity index (χ2n) is 8.89. The molecule has 0 aromatic heterocycles. The van der Waals surface area contributed by atoms with Crippen LogP contribution in [0.15, 0.2) is 77.3 Å². The minimum absolute atomic E-state index is 0.0258. The van der Waals surface area contributed by atoms with Crippen molar-refractivity contribution >= 4 is 50.9 Å². The summed E-state index contributed by atoms with van der Waals surface area (Å²) in [7, 11) is 0. The first kappa shape index (κ1) is 27.6. The normalized spacial score (nSPS) is 14.4. The first-order chi connectivity index (χ1) is 18.3. The monoisotopic (exact) mass is 601 g/mol. The highest BCUT2D eigenvalue weighted by molar-refractivity contribution is 9.10. The van der Waals surface area contributed by atoms with Crippen molar-refractivity contribution in [2.45, 2.75) is 18.9 Å². The highest BCUT2D eigenvalue weighted by Gasteiger charge is 2.31. The third kappa shape index (κ3) is 7.33. The van der Waals surface area contributed by atoms with Gasteiger partial charge in [0.25, 0.3) is 0 Å². The first-order valence-electron chi connectivity index (χ1n) is 12.1. The lowest BCUT2D eigenvalue weighted by Gasteiger charge is -2.31. The average Bonchev–Trinajstić information content (AvgIpc) is 2.92. The smallest absolute Gasteiger partial charge is 0.311 e. The molecule has 38 heavy (non-hydrogen) atoms. The van der Waals surface area contributed by atoms with E-state index < -0.39 is 23.7 Å². The van der Waals surface area contributed by atoms with Gasteiger partial charge in [0.1, 0.15) is 18.2 Å². The zero-order valence-corrected chi connectivity index (χ0v) is 22.7. The number of nitrogens with zero attached hydrogens (tertiary/aromatic N) is 1. The van der Waals surface area contributed by atoms with Crippen molar-refractivity contribution in [3.63, 3.8) is 0 Å². The summed E-state index contributed by atoms with van der Waals surface area (Å²) in [6.07, 6.45) is 0.865. The lowest BCUT2D eigenvalue weighted by Crippen LogP contribution is -2.48. The van der Waals surface area contributed by atoms with E-state index in [0.717, 1.165) is 4.47 Å². The number of ether oxygens (including phenoxy) is 1. The van der Waals surface area contributed by atoms with Crippen LogP contribution in [0.5, 0.6) is 5.75 Å². The number of hydrogen-bond donors (Lipinski definition) is 2. The van der Waals surface area contributed by atoms with Crippen LogP contribution in [0, 0.1) is 11.7 Å². The Kier molecular flexibility index (Phi) is 9.36. The minimum Gasteiger partial charge on any atom is -0.491 e. The van der Waals surface area contributed by atoms with Gasteiger partial charge in [0.15, 0.2) is 0 Å². The van der Waals surface area contributed by atoms with E-state index in [-0.39, 0.29) is 36.5 Å². The molecule has 10 heteroatoms. The number of nitrogens with one attached hydrogen (secondary N) is 2. The number of para-hydroxylation sites is 1. The van der Waals surface area contributed by atoms with Crippen LogP contribution in [0.3, 0.4) is 0 Å². The maximum atomic E-state index is 14.2. The van der Waals surface area contributed by atoms with Crippen LogP contribution in [0.1, 0.15) is 24.4 Å². The summed E-state index contributed by atoms with van der Waals surface area (Å²) in [5.74, 6) is -2.02. The van der Waals surface area contributed by atoms with Gasteiger partial charge in [-0.25, -0.2) is 4.39 Å². The average molecular weight is 603 g/mol. The van der Waals surface area contributed by atoms with Crippen molar-refractivity contribution in [2.75, 3.05) is 25.0 Å². The predicted molar refractivity (Wildman–Crippen MR) is 146 cm³/mol. The number of amides is 3. The van der Waals surface area contributed by atoms with Crippen LogP contribution in [0.25, 0.3) is 0 Å². The lowest BCUT2D eigenvalue weighted by atomic mass is 9.95. The molecule has 1 unspecified atom stereocenters. The van der Waals surface area contributed by atoms with Crippen molar-refractivity contribution in [1.82, 2.24) is 10.2 Å². The molecular formula is C28H26BrClFN3O4. The fourth-order valence-corrected chi connectivity index (χ4v) is 4.68. The largest absolute Gasteiger partial charge is 0.491 e. The number of carbonyl (C=O) groups is 3. The predicted octanol–water partition coefficient (Wildman–Crippen LogP) is 5.36. The van der Waals surface area contributed by atoms with Crippen LogP contribution in [0.4, 0.5) is 10.1 Å². The van der Waals surface area contributed by atoms with E-state index in [1.807, 2.05) is 24.3 Å². The number of benzene rings is 3. The molecule has 1 atom stereocenters. The number of piperidine rings is 1. The molecule has 0 spiro atoms. The van der Waals surface area contributed by atoms with E-state index in [4.69, 9.17) is 16.3 Å². The summed E-state index contributed by atoms with van der Waals surface area (Å²) in [5.41, 5.74) is 1.09. The highest BCUT2D eigenvalue weighted by Crippen LogP contribution is 2.24. The minimum atomic E-state index is -0.834. The molecule has 4 rings (SSSR count). The van der Waals surface area contributed by atoms with Crippen molar-refractivity contribution in [2.24, 2.45) is 5.92 Å². The van der Waals surface area contributed by atoms with Gasteiger partial charge in [-0.2, -0.15) is 0 Å². The molecule has 198 valence electrons. The van der Waals surface area contributed by atoms with Crippen LogP contribution in [-0.4, -0.2) is 42.3 Å². The Labute approximate surface area is 233 Å². The lowest BCUT2D eigenvalue weighted by molar-refractivity contribution is -0.147. The van der Waals surface area contributed by atoms with E-state index in [0.29, 0.717) is 29.8 Å². The topological polar surface area (TPSA) is 87.7 Å². The van der Waals surface area contributed by atoms with Gasteiger partial charge in [0, 0.05) is 29.2 Å². The molecule has 1 saturated heterocycles. The maximum Gasteiger partial charge on any atom is 0.311 e. The summed E-state index contributed by atoms with van der Waals surface area (Å²) in [4.78, 5) is 39.9. The summed E-state index contributed by atoms with van der Waals surface area (Å²) >= 11 is 9.20. The van der Waals surface area contributed by atoms with Gasteiger partial charge in [0.2, 0.25) is 5.91 Å². The van der Waals surface area contributed by atoms with Gasteiger partial charge >= 0.3 is 11.8 Å². The molecule has 2 N–H and O–H groups in total. The molecule has 0 saturated carbocycles. The van der Waals surface area contributed by atoms with E-state index >= 15 is 0 Å². The Morgan fingerprint density at radius 3 is 2.45 bits per heavy atom. The quantitative estimate of drug-likeness (QED) is 0.357. The zero-order valence-electron chi connectivity index (χ0n) is 20.3. The fraction of sp³-hybridized carbons (Fsp3) is 0.250. The van der Waals surface area contributed by atoms with E-state index in [1.54, 1.807) is 36.4 Å². The number of likely N-dealkylation sites (tertiary alicyclic amines) is 1. The van der Waals surface area contributed by atoms with Gasteiger partial charge in [-0.05, 0) is 60.9 Å². The highest BCUT2D eigenvalue weighted by atomic mass is 79.9. The standard InChI is InChI=1S/C28H26BrClFN3O4/c29-20-5-4-6-21(16-20)32-26(35)18-11-13-34(14-12-18)28(37)27(36)33-25(17-38-22-7-2-1-3-8-22)19-9-10-23(30)24(31)15-19/h1-10,15-16,18,25H,11-14,17H2,(H,32,35)(H,33,36). The van der Waals surface area contributed by atoms with Crippen molar-refractivity contribution in [1.29, 1.82) is 0 Å². The molecule has 1 aliphatic heterocycles. The summed E-state index contributed by atoms with van der Waals surface area (Å²) in [6.45, 7) is 0.509. The number of hydrogen-bond acceptors (Lipinski definition) is 4.